The summed E-state index contributed by atoms with van der Waals surface area (Å²) in [6, 6.07) is 10.6. The highest BCUT2D eigenvalue weighted by atomic mass is 16.5. The zero-order chi connectivity index (χ0) is 18.9. The van der Waals surface area contributed by atoms with Gasteiger partial charge in [-0.15, -0.1) is 0 Å². The Morgan fingerprint density at radius 1 is 1.07 bits per heavy atom. The van der Waals surface area contributed by atoms with E-state index >= 15 is 0 Å². The lowest BCUT2D eigenvalue weighted by atomic mass is 9.85. The van der Waals surface area contributed by atoms with E-state index in [-0.39, 0.29) is 17.9 Å². The Labute approximate surface area is 163 Å². The lowest BCUT2D eigenvalue weighted by molar-refractivity contribution is -0.135. The van der Waals surface area contributed by atoms with Gasteiger partial charge in [0.2, 0.25) is 5.91 Å². The number of para-hydroxylation sites is 1. The summed E-state index contributed by atoms with van der Waals surface area (Å²) in [7, 11) is 0. The van der Waals surface area contributed by atoms with Crippen molar-refractivity contribution >= 4 is 16.8 Å². The van der Waals surface area contributed by atoms with Gasteiger partial charge in [0.25, 0.3) is 0 Å². The first-order valence-electron chi connectivity index (χ1n) is 10.1. The highest BCUT2D eigenvalue weighted by Gasteiger charge is 2.34. The molecule has 1 aliphatic carbocycles. The summed E-state index contributed by atoms with van der Waals surface area (Å²) in [5, 5.41) is 1.27. The molecule has 28 heavy (non-hydrogen) atoms. The SMILES string of the molecule is O=C(C1CCCc2c1[nH]c1ccccc21)N1CCC(Oc2ncccn2)CC1. The van der Waals surface area contributed by atoms with E-state index in [1.807, 2.05) is 11.0 Å². The fourth-order valence-electron chi connectivity index (χ4n) is 4.57. The Morgan fingerprint density at radius 3 is 2.68 bits per heavy atom. The number of likely N-dealkylation sites (tertiary alicyclic amines) is 1. The molecule has 0 saturated carbocycles. The van der Waals surface area contributed by atoms with Crippen LogP contribution < -0.4 is 4.74 Å². The van der Waals surface area contributed by atoms with Gasteiger partial charge in [0, 0.05) is 54.9 Å². The van der Waals surface area contributed by atoms with Crippen LogP contribution in [-0.2, 0) is 11.2 Å². The van der Waals surface area contributed by atoms with Gasteiger partial charge in [-0.25, -0.2) is 9.97 Å². The minimum absolute atomic E-state index is 0.0499. The van der Waals surface area contributed by atoms with Crippen molar-refractivity contribution in [2.45, 2.75) is 44.1 Å². The predicted octanol–water partition coefficient (Wildman–Crippen LogP) is 3.45. The van der Waals surface area contributed by atoms with Crippen molar-refractivity contribution in [1.29, 1.82) is 0 Å². The number of H-pyrrole nitrogens is 1. The number of carbonyl (C=O) groups excluding carboxylic acids is 1. The average molecular weight is 376 g/mol. The van der Waals surface area contributed by atoms with Crippen molar-refractivity contribution in [3.63, 3.8) is 0 Å². The summed E-state index contributed by atoms with van der Waals surface area (Å²) < 4.78 is 5.86. The number of rotatable bonds is 3. The second-order valence-corrected chi connectivity index (χ2v) is 7.68. The Hall–Kier alpha value is -2.89. The maximum Gasteiger partial charge on any atom is 0.316 e. The van der Waals surface area contributed by atoms with Gasteiger partial charge >= 0.3 is 6.01 Å². The van der Waals surface area contributed by atoms with Crippen LogP contribution in [0.3, 0.4) is 0 Å². The minimum Gasteiger partial charge on any atom is -0.460 e. The maximum absolute atomic E-state index is 13.3. The Balaban J connectivity index is 1.28. The van der Waals surface area contributed by atoms with Gasteiger partial charge in [0.05, 0.1) is 5.92 Å². The molecule has 3 heterocycles. The van der Waals surface area contributed by atoms with E-state index in [1.54, 1.807) is 18.5 Å². The summed E-state index contributed by atoms with van der Waals surface area (Å²) >= 11 is 0. The van der Waals surface area contributed by atoms with Crippen LogP contribution in [0.15, 0.2) is 42.7 Å². The average Bonchev–Trinajstić information content (AvgIpc) is 3.13. The summed E-state index contributed by atoms with van der Waals surface area (Å²) in [5.41, 5.74) is 3.61. The number of ether oxygens (including phenoxy) is 1. The third kappa shape index (κ3) is 3.13. The fourth-order valence-corrected chi connectivity index (χ4v) is 4.57. The summed E-state index contributed by atoms with van der Waals surface area (Å²) in [6.07, 6.45) is 8.11. The number of nitrogens with zero attached hydrogens (tertiary/aromatic N) is 3. The molecule has 1 saturated heterocycles. The highest BCUT2D eigenvalue weighted by molar-refractivity contribution is 5.90. The third-order valence-corrected chi connectivity index (χ3v) is 5.98. The number of piperidine rings is 1. The number of benzene rings is 1. The molecule has 1 aromatic carbocycles. The lowest BCUT2D eigenvalue weighted by Gasteiger charge is -2.35. The molecule has 0 radical (unpaired) electrons. The number of hydrogen-bond donors (Lipinski definition) is 1. The second-order valence-electron chi connectivity index (χ2n) is 7.68. The van der Waals surface area contributed by atoms with Crippen molar-refractivity contribution in [1.82, 2.24) is 19.9 Å². The molecule has 1 atom stereocenters. The number of aromatic amines is 1. The minimum atomic E-state index is -0.0499. The number of amides is 1. The van der Waals surface area contributed by atoms with Crippen LogP contribution >= 0.6 is 0 Å². The van der Waals surface area contributed by atoms with Gasteiger partial charge in [-0.2, -0.15) is 0 Å². The van der Waals surface area contributed by atoms with E-state index < -0.39 is 0 Å². The predicted molar refractivity (Wildman–Crippen MR) is 106 cm³/mol. The van der Waals surface area contributed by atoms with Crippen LogP contribution in [0.5, 0.6) is 6.01 Å². The molecular formula is C22H24N4O2. The van der Waals surface area contributed by atoms with Gasteiger partial charge < -0.3 is 14.6 Å². The van der Waals surface area contributed by atoms with Crippen molar-refractivity contribution in [2.24, 2.45) is 0 Å². The van der Waals surface area contributed by atoms with E-state index in [0.29, 0.717) is 6.01 Å². The zero-order valence-electron chi connectivity index (χ0n) is 15.8. The van der Waals surface area contributed by atoms with E-state index in [0.717, 1.165) is 56.4 Å². The van der Waals surface area contributed by atoms with E-state index in [9.17, 15) is 4.79 Å². The molecule has 2 aliphatic rings. The Morgan fingerprint density at radius 2 is 1.86 bits per heavy atom. The number of carbonyl (C=O) groups is 1. The number of fused-ring (bicyclic) bond motifs is 3. The molecule has 2 aromatic heterocycles. The van der Waals surface area contributed by atoms with Crippen molar-refractivity contribution in [3.05, 3.63) is 54.0 Å². The highest BCUT2D eigenvalue weighted by Crippen LogP contribution is 2.37. The first kappa shape index (κ1) is 17.2. The number of aryl methyl sites for hydroxylation is 1. The molecule has 6 nitrogen and oxygen atoms in total. The quantitative estimate of drug-likeness (QED) is 0.760. The molecule has 1 amide bonds. The lowest BCUT2D eigenvalue weighted by Crippen LogP contribution is -2.44. The normalized spacial score (nSPS) is 20.1. The summed E-state index contributed by atoms with van der Waals surface area (Å²) in [6.45, 7) is 1.45. The Kier molecular flexibility index (Phi) is 4.47. The van der Waals surface area contributed by atoms with Crippen LogP contribution in [0.25, 0.3) is 10.9 Å². The topological polar surface area (TPSA) is 71.1 Å². The molecule has 6 heteroatoms. The summed E-state index contributed by atoms with van der Waals surface area (Å²) in [5.74, 6) is 0.202. The monoisotopic (exact) mass is 376 g/mol. The molecule has 1 unspecified atom stereocenters. The van der Waals surface area contributed by atoms with E-state index in [2.05, 4.69) is 33.2 Å². The molecular weight excluding hydrogens is 352 g/mol. The molecule has 1 aliphatic heterocycles. The van der Waals surface area contributed by atoms with Crippen LogP contribution in [0.1, 0.15) is 42.9 Å². The van der Waals surface area contributed by atoms with Crippen LogP contribution in [0.2, 0.25) is 0 Å². The van der Waals surface area contributed by atoms with Crippen LogP contribution in [-0.4, -0.2) is 45.0 Å². The van der Waals surface area contributed by atoms with Gasteiger partial charge in [0.1, 0.15) is 6.10 Å². The first-order chi connectivity index (χ1) is 13.8. The van der Waals surface area contributed by atoms with Crippen LogP contribution in [0, 0.1) is 0 Å². The van der Waals surface area contributed by atoms with Crippen molar-refractivity contribution < 1.29 is 9.53 Å². The van der Waals surface area contributed by atoms with Crippen molar-refractivity contribution in [3.8, 4) is 6.01 Å². The molecule has 1 fully saturated rings. The van der Waals surface area contributed by atoms with Crippen molar-refractivity contribution in [2.75, 3.05) is 13.1 Å². The second kappa shape index (κ2) is 7.26. The molecule has 1 N–H and O–H groups in total. The first-order valence-corrected chi connectivity index (χ1v) is 10.1. The fraction of sp³-hybridized carbons (Fsp3) is 0.409. The number of nitrogens with one attached hydrogen (secondary N) is 1. The molecule has 0 bridgehead atoms. The van der Waals surface area contributed by atoms with E-state index in [1.165, 1.54) is 10.9 Å². The number of aromatic nitrogens is 3. The number of hydrogen-bond acceptors (Lipinski definition) is 4. The standard InChI is InChI=1S/C22H24N4O2/c27-21(26-13-9-15(10-14-26)28-22-23-11-4-12-24-22)18-7-3-6-17-16-5-1-2-8-19(16)25-20(17)18/h1-2,4-5,8,11-12,15,18,25H,3,6-7,9-10,13-14H2. The third-order valence-electron chi connectivity index (χ3n) is 5.98. The zero-order valence-corrected chi connectivity index (χ0v) is 15.8. The largest absolute Gasteiger partial charge is 0.460 e. The van der Waals surface area contributed by atoms with Gasteiger partial charge in [0.15, 0.2) is 0 Å². The molecule has 144 valence electrons. The van der Waals surface area contributed by atoms with E-state index in [4.69, 9.17) is 4.74 Å². The van der Waals surface area contributed by atoms with Crippen LogP contribution in [0.4, 0.5) is 0 Å². The smallest absolute Gasteiger partial charge is 0.316 e. The molecule has 5 rings (SSSR count). The van der Waals surface area contributed by atoms with Gasteiger partial charge in [-0.05, 0) is 37.0 Å². The molecule has 3 aromatic rings. The maximum atomic E-state index is 13.3. The van der Waals surface area contributed by atoms with Gasteiger partial charge in [-0.1, -0.05) is 18.2 Å². The van der Waals surface area contributed by atoms with Gasteiger partial charge in [-0.3, -0.25) is 4.79 Å². The Bertz CT molecular complexity index is 977. The summed E-state index contributed by atoms with van der Waals surface area (Å²) in [4.78, 5) is 27.1. The molecule has 0 spiro atoms.